The van der Waals surface area contributed by atoms with E-state index in [1.165, 1.54) is 17.7 Å². The minimum absolute atomic E-state index is 0.00646. The Bertz CT molecular complexity index is 1430. The van der Waals surface area contributed by atoms with Gasteiger partial charge < -0.3 is 25.2 Å². The van der Waals surface area contributed by atoms with Gasteiger partial charge in [-0.2, -0.15) is 0 Å². The number of carbonyl (C=O) groups is 2. The van der Waals surface area contributed by atoms with Crippen molar-refractivity contribution in [2.75, 3.05) is 52.4 Å². The van der Waals surface area contributed by atoms with Crippen LogP contribution in [-0.4, -0.2) is 85.1 Å². The zero-order valence-corrected chi connectivity index (χ0v) is 24.1. The molecule has 3 aliphatic heterocycles. The van der Waals surface area contributed by atoms with Crippen molar-refractivity contribution in [1.29, 1.82) is 0 Å². The molecule has 4 heterocycles. The number of benzene rings is 2. The lowest BCUT2D eigenvalue weighted by atomic mass is 9.88. The number of nitrogens with zero attached hydrogens (tertiary/aromatic N) is 3. The normalized spacial score (nSPS) is 19.6. The predicted octanol–water partition coefficient (Wildman–Crippen LogP) is 4.00. The number of halogens is 1. The zero-order chi connectivity index (χ0) is 29.1. The molecule has 3 aliphatic rings. The average molecular weight is 572 g/mol. The van der Waals surface area contributed by atoms with E-state index in [0.29, 0.717) is 49.1 Å². The number of amides is 2. The van der Waals surface area contributed by atoms with Crippen molar-refractivity contribution in [1.82, 2.24) is 25.4 Å². The van der Waals surface area contributed by atoms with E-state index in [9.17, 15) is 14.0 Å². The Labute approximate surface area is 246 Å². The van der Waals surface area contributed by atoms with E-state index < -0.39 is 0 Å². The molecule has 8 nitrogen and oxygen atoms in total. The second kappa shape index (κ2) is 12.6. The van der Waals surface area contributed by atoms with Gasteiger partial charge in [-0.15, -0.1) is 0 Å². The monoisotopic (exact) mass is 571 g/mol. The number of hydrogen-bond acceptors (Lipinski definition) is 6. The number of hydrogen-bond donors (Lipinski definition) is 2. The van der Waals surface area contributed by atoms with E-state index in [4.69, 9.17) is 4.74 Å². The lowest BCUT2D eigenvalue weighted by Gasteiger charge is -2.35. The number of carbonyl (C=O) groups excluding carboxylic acids is 2. The van der Waals surface area contributed by atoms with Crippen LogP contribution in [0, 0.1) is 12.7 Å². The van der Waals surface area contributed by atoms with Gasteiger partial charge >= 0.3 is 0 Å². The van der Waals surface area contributed by atoms with Gasteiger partial charge in [-0.05, 0) is 93.2 Å². The fraction of sp³-hybridized carbons (Fsp3) is 0.424. The van der Waals surface area contributed by atoms with Crippen molar-refractivity contribution in [3.05, 3.63) is 82.8 Å². The summed E-state index contributed by atoms with van der Waals surface area (Å²) in [5.41, 5.74) is 4.90. The molecule has 3 aromatic rings. The standard InChI is InChI=1S/C33H38FN5O3/c1-22-16-25(23-6-9-35-10-7-23)18-26(17-22)32(40)38-12-14-39(15-13-38)33(41)27-19-30(24-2-4-28(34)5-3-24)31(37-20-27)42-29-8-11-36-21-29/h2-5,16-20,23,29,35-36H,6-15,21H2,1H3/t29-/m0/s1. The molecular weight excluding hydrogens is 533 g/mol. The Morgan fingerprint density at radius 2 is 1.52 bits per heavy atom. The van der Waals surface area contributed by atoms with Crippen molar-refractivity contribution in [3.63, 3.8) is 0 Å². The van der Waals surface area contributed by atoms with E-state index in [1.54, 1.807) is 29.3 Å². The summed E-state index contributed by atoms with van der Waals surface area (Å²) in [4.78, 5) is 35.2. The van der Waals surface area contributed by atoms with Gasteiger partial charge in [-0.1, -0.05) is 23.8 Å². The summed E-state index contributed by atoms with van der Waals surface area (Å²) in [6, 6.07) is 14.2. The molecule has 3 fully saturated rings. The summed E-state index contributed by atoms with van der Waals surface area (Å²) < 4.78 is 19.8. The zero-order valence-electron chi connectivity index (χ0n) is 24.1. The number of aryl methyl sites for hydroxylation is 1. The lowest BCUT2D eigenvalue weighted by molar-refractivity contribution is 0.0535. The highest BCUT2D eigenvalue weighted by Crippen LogP contribution is 2.31. The predicted molar refractivity (Wildman–Crippen MR) is 159 cm³/mol. The number of nitrogens with one attached hydrogen (secondary N) is 2. The Balaban J connectivity index is 1.15. The van der Waals surface area contributed by atoms with E-state index in [1.807, 2.05) is 17.9 Å². The summed E-state index contributed by atoms with van der Waals surface area (Å²) in [6.07, 6.45) is 4.59. The second-order valence-corrected chi connectivity index (χ2v) is 11.6. The molecule has 9 heteroatoms. The molecule has 2 amide bonds. The largest absolute Gasteiger partial charge is 0.473 e. The summed E-state index contributed by atoms with van der Waals surface area (Å²) in [5, 5.41) is 6.69. The third-order valence-electron chi connectivity index (χ3n) is 8.56. The number of aromatic nitrogens is 1. The molecule has 0 saturated carbocycles. The van der Waals surface area contributed by atoms with Crippen LogP contribution in [0.5, 0.6) is 5.88 Å². The number of pyridine rings is 1. The molecule has 6 rings (SSSR count). The van der Waals surface area contributed by atoms with Crippen LogP contribution in [0.4, 0.5) is 4.39 Å². The summed E-state index contributed by atoms with van der Waals surface area (Å²) in [6.45, 7) is 7.49. The van der Waals surface area contributed by atoms with Crippen molar-refractivity contribution >= 4 is 11.8 Å². The molecule has 2 N–H and O–H groups in total. The minimum Gasteiger partial charge on any atom is -0.473 e. The van der Waals surface area contributed by atoms with E-state index >= 15 is 0 Å². The highest BCUT2D eigenvalue weighted by atomic mass is 19.1. The maximum absolute atomic E-state index is 13.7. The van der Waals surface area contributed by atoms with Gasteiger partial charge in [0, 0.05) is 50.0 Å². The third kappa shape index (κ3) is 6.32. The van der Waals surface area contributed by atoms with Crippen molar-refractivity contribution < 1.29 is 18.7 Å². The maximum Gasteiger partial charge on any atom is 0.255 e. The van der Waals surface area contributed by atoms with Gasteiger partial charge in [0.15, 0.2) is 0 Å². The van der Waals surface area contributed by atoms with Gasteiger partial charge in [0.1, 0.15) is 11.9 Å². The minimum atomic E-state index is -0.331. The molecule has 2 aromatic carbocycles. The van der Waals surface area contributed by atoms with Gasteiger partial charge in [0.2, 0.25) is 5.88 Å². The van der Waals surface area contributed by atoms with Crippen LogP contribution in [0.25, 0.3) is 11.1 Å². The number of piperidine rings is 1. The first-order valence-corrected chi connectivity index (χ1v) is 15.0. The molecular formula is C33H38FN5O3. The van der Waals surface area contributed by atoms with Crippen LogP contribution in [-0.2, 0) is 0 Å². The maximum atomic E-state index is 13.7. The van der Waals surface area contributed by atoms with Crippen LogP contribution in [0.1, 0.15) is 57.0 Å². The van der Waals surface area contributed by atoms with Crippen molar-refractivity contribution in [2.24, 2.45) is 0 Å². The average Bonchev–Trinajstić information content (AvgIpc) is 3.54. The molecule has 1 atom stereocenters. The first kappa shape index (κ1) is 28.3. The topological polar surface area (TPSA) is 86.8 Å². The van der Waals surface area contributed by atoms with Crippen LogP contribution in [0.2, 0.25) is 0 Å². The fourth-order valence-electron chi connectivity index (χ4n) is 6.19. The second-order valence-electron chi connectivity index (χ2n) is 11.6. The van der Waals surface area contributed by atoms with Crippen LogP contribution >= 0.6 is 0 Å². The number of ether oxygens (including phenoxy) is 1. The molecule has 0 unspecified atom stereocenters. The molecule has 0 aliphatic carbocycles. The first-order valence-electron chi connectivity index (χ1n) is 15.0. The van der Waals surface area contributed by atoms with E-state index in [2.05, 4.69) is 27.8 Å². The third-order valence-corrected chi connectivity index (χ3v) is 8.56. The molecule has 42 heavy (non-hydrogen) atoms. The molecule has 3 saturated heterocycles. The Morgan fingerprint density at radius 1 is 0.857 bits per heavy atom. The quantitative estimate of drug-likeness (QED) is 0.465. The number of piperazine rings is 1. The smallest absolute Gasteiger partial charge is 0.255 e. The highest BCUT2D eigenvalue weighted by molar-refractivity contribution is 5.97. The molecule has 220 valence electrons. The van der Waals surface area contributed by atoms with Crippen LogP contribution < -0.4 is 15.4 Å². The molecule has 0 radical (unpaired) electrons. The SMILES string of the molecule is Cc1cc(C(=O)N2CCN(C(=O)c3cnc(O[C@H]4CCNC4)c(-c4ccc(F)cc4)c3)CC2)cc(C2CCNCC2)c1. The van der Waals surface area contributed by atoms with Crippen LogP contribution in [0.3, 0.4) is 0 Å². The lowest BCUT2D eigenvalue weighted by Crippen LogP contribution is -2.50. The summed E-state index contributed by atoms with van der Waals surface area (Å²) in [5.74, 6) is 0.457. The molecule has 1 aromatic heterocycles. The Hall–Kier alpha value is -3.82. The summed E-state index contributed by atoms with van der Waals surface area (Å²) >= 11 is 0. The summed E-state index contributed by atoms with van der Waals surface area (Å²) in [7, 11) is 0. The van der Waals surface area contributed by atoms with E-state index in [0.717, 1.165) is 62.1 Å². The van der Waals surface area contributed by atoms with Crippen LogP contribution in [0.15, 0.2) is 54.7 Å². The number of rotatable bonds is 6. The van der Waals surface area contributed by atoms with Gasteiger partial charge in [0.25, 0.3) is 11.8 Å². The highest BCUT2D eigenvalue weighted by Gasteiger charge is 2.28. The van der Waals surface area contributed by atoms with Crippen molar-refractivity contribution in [3.8, 4) is 17.0 Å². The Morgan fingerprint density at radius 3 is 2.19 bits per heavy atom. The first-order chi connectivity index (χ1) is 20.4. The van der Waals surface area contributed by atoms with E-state index in [-0.39, 0.29) is 23.7 Å². The molecule has 0 bridgehead atoms. The van der Waals surface area contributed by atoms with Gasteiger partial charge in [0.05, 0.1) is 5.56 Å². The van der Waals surface area contributed by atoms with Gasteiger partial charge in [-0.3, -0.25) is 9.59 Å². The fourth-order valence-corrected chi connectivity index (χ4v) is 6.19. The molecule has 0 spiro atoms. The van der Waals surface area contributed by atoms with Crippen molar-refractivity contribution in [2.45, 2.75) is 38.2 Å². The van der Waals surface area contributed by atoms with Gasteiger partial charge in [-0.25, -0.2) is 9.37 Å². The Kier molecular flexibility index (Phi) is 8.48.